The number of ether oxygens (including phenoxy) is 1. The third-order valence-electron chi connectivity index (χ3n) is 5.77. The lowest BCUT2D eigenvalue weighted by Gasteiger charge is -2.29. The van der Waals surface area contributed by atoms with E-state index in [1.165, 1.54) is 11.3 Å². The molecule has 9 heteroatoms. The Labute approximate surface area is 198 Å². The minimum Gasteiger partial charge on any atom is -0.379 e. The Kier molecular flexibility index (Phi) is 7.43. The summed E-state index contributed by atoms with van der Waals surface area (Å²) in [4.78, 5) is 22.2. The van der Waals surface area contributed by atoms with E-state index in [2.05, 4.69) is 11.0 Å². The van der Waals surface area contributed by atoms with Crippen LogP contribution in [0, 0.1) is 13.8 Å². The van der Waals surface area contributed by atoms with E-state index >= 15 is 0 Å². The van der Waals surface area contributed by atoms with Crippen LogP contribution in [0.1, 0.15) is 17.5 Å². The average Bonchev–Trinajstić information content (AvgIpc) is 3.23. The summed E-state index contributed by atoms with van der Waals surface area (Å²) in [6.45, 7) is 8.23. The lowest BCUT2D eigenvalue weighted by molar-refractivity contribution is -0.118. The molecule has 33 heavy (non-hydrogen) atoms. The summed E-state index contributed by atoms with van der Waals surface area (Å²) in [7, 11) is -3.53. The Morgan fingerprint density at radius 2 is 1.88 bits per heavy atom. The molecular formula is C24H29N3O4S2. The maximum Gasteiger partial charge on any atom is 0.229 e. The van der Waals surface area contributed by atoms with Crippen molar-refractivity contribution in [1.29, 1.82) is 0 Å². The SMILES string of the molecule is Cc1cc(C)c2sc(N(CCN3CCOCC3)C(=O)CCS(=O)(=O)c3ccccc3)nc2c1. The Morgan fingerprint density at radius 3 is 2.61 bits per heavy atom. The molecule has 2 aromatic carbocycles. The quantitative estimate of drug-likeness (QED) is 0.484. The van der Waals surface area contributed by atoms with Gasteiger partial charge in [0, 0.05) is 32.6 Å². The first-order valence-electron chi connectivity index (χ1n) is 11.1. The van der Waals surface area contributed by atoms with E-state index < -0.39 is 9.84 Å². The number of aromatic nitrogens is 1. The summed E-state index contributed by atoms with van der Waals surface area (Å²) in [6.07, 6.45) is -0.0890. The highest BCUT2D eigenvalue weighted by atomic mass is 32.2. The van der Waals surface area contributed by atoms with Gasteiger partial charge in [0.25, 0.3) is 0 Å². The molecule has 1 aromatic heterocycles. The number of morpholine rings is 1. The van der Waals surface area contributed by atoms with Crippen molar-refractivity contribution in [2.24, 2.45) is 0 Å². The zero-order valence-corrected chi connectivity index (χ0v) is 20.6. The second-order valence-electron chi connectivity index (χ2n) is 8.31. The number of amides is 1. The first kappa shape index (κ1) is 23.8. The second kappa shape index (κ2) is 10.3. The molecule has 3 aromatic rings. The van der Waals surface area contributed by atoms with E-state index in [0.29, 0.717) is 31.4 Å². The van der Waals surface area contributed by atoms with Gasteiger partial charge >= 0.3 is 0 Å². The molecule has 7 nitrogen and oxygen atoms in total. The number of hydrogen-bond acceptors (Lipinski definition) is 7. The van der Waals surface area contributed by atoms with Gasteiger partial charge in [0.1, 0.15) is 0 Å². The lowest BCUT2D eigenvalue weighted by atomic mass is 10.1. The summed E-state index contributed by atoms with van der Waals surface area (Å²) >= 11 is 1.49. The van der Waals surface area contributed by atoms with Crippen molar-refractivity contribution in [2.45, 2.75) is 25.2 Å². The number of carbonyl (C=O) groups excluding carboxylic acids is 1. The normalized spacial score (nSPS) is 15.1. The molecule has 1 saturated heterocycles. The van der Waals surface area contributed by atoms with Crippen LogP contribution in [0.15, 0.2) is 47.4 Å². The number of rotatable bonds is 8. The number of benzene rings is 2. The first-order valence-corrected chi connectivity index (χ1v) is 13.6. The van der Waals surface area contributed by atoms with Crippen LogP contribution in [-0.4, -0.2) is 69.4 Å². The van der Waals surface area contributed by atoms with Crippen LogP contribution in [0.4, 0.5) is 5.13 Å². The van der Waals surface area contributed by atoms with Crippen molar-refractivity contribution in [3.8, 4) is 0 Å². The Balaban J connectivity index is 1.55. The minimum atomic E-state index is -3.53. The van der Waals surface area contributed by atoms with Crippen LogP contribution in [0.5, 0.6) is 0 Å². The fourth-order valence-corrected chi connectivity index (χ4v) is 6.29. The topological polar surface area (TPSA) is 79.8 Å². The molecule has 0 radical (unpaired) electrons. The molecule has 1 aliphatic heterocycles. The molecule has 0 atom stereocenters. The third kappa shape index (κ3) is 5.78. The number of carbonyl (C=O) groups is 1. The van der Waals surface area contributed by atoms with Crippen molar-refractivity contribution in [3.63, 3.8) is 0 Å². The Hall–Kier alpha value is -2.33. The lowest BCUT2D eigenvalue weighted by Crippen LogP contribution is -2.43. The van der Waals surface area contributed by atoms with Gasteiger partial charge in [-0.05, 0) is 43.2 Å². The summed E-state index contributed by atoms with van der Waals surface area (Å²) < 4.78 is 31.9. The molecule has 1 fully saturated rings. The average molecular weight is 488 g/mol. The fraction of sp³-hybridized carbons (Fsp3) is 0.417. The van der Waals surface area contributed by atoms with E-state index in [-0.39, 0.29) is 23.0 Å². The fourth-order valence-electron chi connectivity index (χ4n) is 3.98. The first-order chi connectivity index (χ1) is 15.8. The summed E-state index contributed by atoms with van der Waals surface area (Å²) in [5.74, 6) is -0.455. The Bertz CT molecular complexity index is 1220. The maximum absolute atomic E-state index is 13.3. The predicted octanol–water partition coefficient (Wildman–Crippen LogP) is 3.44. The van der Waals surface area contributed by atoms with Crippen LogP contribution in [0.2, 0.25) is 0 Å². The smallest absolute Gasteiger partial charge is 0.229 e. The Morgan fingerprint density at radius 1 is 1.15 bits per heavy atom. The van der Waals surface area contributed by atoms with Gasteiger partial charge in [0.05, 0.1) is 34.1 Å². The van der Waals surface area contributed by atoms with Gasteiger partial charge < -0.3 is 4.74 Å². The van der Waals surface area contributed by atoms with E-state index in [1.807, 2.05) is 19.9 Å². The molecule has 0 bridgehead atoms. The molecule has 4 rings (SSSR count). The predicted molar refractivity (Wildman–Crippen MR) is 132 cm³/mol. The van der Waals surface area contributed by atoms with E-state index in [1.54, 1.807) is 35.2 Å². The number of sulfone groups is 1. The number of fused-ring (bicyclic) bond motifs is 1. The molecular weight excluding hydrogens is 458 g/mol. The molecule has 2 heterocycles. The highest BCUT2D eigenvalue weighted by molar-refractivity contribution is 7.91. The van der Waals surface area contributed by atoms with Crippen molar-refractivity contribution in [1.82, 2.24) is 9.88 Å². The highest BCUT2D eigenvalue weighted by Gasteiger charge is 2.24. The number of anilines is 1. The van der Waals surface area contributed by atoms with Gasteiger partial charge in [-0.2, -0.15) is 0 Å². The summed E-state index contributed by atoms with van der Waals surface area (Å²) in [5.41, 5.74) is 3.12. The zero-order valence-electron chi connectivity index (χ0n) is 19.0. The van der Waals surface area contributed by atoms with Crippen molar-refractivity contribution >= 4 is 42.4 Å². The van der Waals surface area contributed by atoms with Gasteiger partial charge in [-0.1, -0.05) is 35.6 Å². The maximum atomic E-state index is 13.3. The van der Waals surface area contributed by atoms with Crippen molar-refractivity contribution in [3.05, 3.63) is 53.6 Å². The summed E-state index contributed by atoms with van der Waals surface area (Å²) in [5, 5.41) is 0.620. The monoisotopic (exact) mass is 487 g/mol. The second-order valence-corrected chi connectivity index (χ2v) is 11.4. The van der Waals surface area contributed by atoms with E-state index in [9.17, 15) is 13.2 Å². The molecule has 1 aliphatic rings. The number of hydrogen-bond donors (Lipinski definition) is 0. The largest absolute Gasteiger partial charge is 0.379 e. The minimum absolute atomic E-state index is 0.0890. The van der Waals surface area contributed by atoms with Crippen LogP contribution in [0.25, 0.3) is 10.2 Å². The van der Waals surface area contributed by atoms with Gasteiger partial charge in [-0.15, -0.1) is 0 Å². The van der Waals surface area contributed by atoms with E-state index in [0.717, 1.165) is 34.4 Å². The van der Waals surface area contributed by atoms with Gasteiger partial charge in [0.2, 0.25) is 5.91 Å². The van der Waals surface area contributed by atoms with Crippen LogP contribution >= 0.6 is 11.3 Å². The zero-order chi connectivity index (χ0) is 23.4. The molecule has 0 aliphatic carbocycles. The number of nitrogens with zero attached hydrogens (tertiary/aromatic N) is 3. The van der Waals surface area contributed by atoms with Crippen molar-refractivity contribution in [2.75, 3.05) is 50.0 Å². The molecule has 1 amide bonds. The standard InChI is InChI=1S/C24H29N3O4S2/c1-18-16-19(2)23-21(17-18)25-24(32-23)27(10-9-26-11-13-31-14-12-26)22(28)8-15-33(29,30)20-6-4-3-5-7-20/h3-7,16-17H,8-15H2,1-2H3. The molecule has 0 saturated carbocycles. The van der Waals surface area contributed by atoms with E-state index in [4.69, 9.17) is 9.72 Å². The molecule has 0 spiro atoms. The summed E-state index contributed by atoms with van der Waals surface area (Å²) in [6, 6.07) is 12.4. The molecule has 0 unspecified atom stereocenters. The number of aryl methyl sites for hydroxylation is 2. The van der Waals surface area contributed by atoms with Gasteiger partial charge in [0.15, 0.2) is 15.0 Å². The highest BCUT2D eigenvalue weighted by Crippen LogP contribution is 2.32. The molecule has 0 N–H and O–H groups in total. The molecule has 176 valence electrons. The van der Waals surface area contributed by atoms with Crippen molar-refractivity contribution < 1.29 is 17.9 Å². The van der Waals surface area contributed by atoms with Crippen LogP contribution in [-0.2, 0) is 19.4 Å². The van der Waals surface area contributed by atoms with Crippen LogP contribution < -0.4 is 4.90 Å². The third-order valence-corrected chi connectivity index (χ3v) is 8.73. The van der Waals surface area contributed by atoms with Crippen LogP contribution in [0.3, 0.4) is 0 Å². The van der Waals surface area contributed by atoms with Gasteiger partial charge in [-0.3, -0.25) is 14.6 Å². The van der Waals surface area contributed by atoms with Gasteiger partial charge in [-0.25, -0.2) is 13.4 Å². The number of thiazole rings is 1.